The Balaban J connectivity index is 1.29. The molecular weight excluding hydrogens is 446 g/mol. The highest BCUT2D eigenvalue weighted by atomic mass is 19.1. The van der Waals surface area contributed by atoms with Gasteiger partial charge in [-0.3, -0.25) is 4.90 Å². The summed E-state index contributed by atoms with van der Waals surface area (Å²) in [5, 5.41) is 6.94. The summed E-state index contributed by atoms with van der Waals surface area (Å²) in [7, 11) is 0. The van der Waals surface area contributed by atoms with Crippen molar-refractivity contribution in [3.63, 3.8) is 0 Å². The van der Waals surface area contributed by atoms with E-state index in [4.69, 9.17) is 9.47 Å². The SMILES string of the molecule is O=C(NCCN1CCOCC1)Oc1cnn2ccc(N3CCC[C@@H]3c3cc(F)ccc3F)nc12. The van der Waals surface area contributed by atoms with Crippen LogP contribution >= 0.6 is 0 Å². The first kappa shape index (κ1) is 22.5. The van der Waals surface area contributed by atoms with Gasteiger partial charge in [0.15, 0.2) is 5.75 Å². The maximum absolute atomic E-state index is 14.4. The van der Waals surface area contributed by atoms with Crippen molar-refractivity contribution in [3.05, 3.63) is 53.9 Å². The van der Waals surface area contributed by atoms with Gasteiger partial charge in [-0.15, -0.1) is 0 Å². The lowest BCUT2D eigenvalue weighted by molar-refractivity contribution is 0.0385. The molecule has 3 aromatic rings. The molecule has 180 valence electrons. The molecule has 11 heteroatoms. The Morgan fingerprint density at radius 3 is 2.91 bits per heavy atom. The number of anilines is 1. The van der Waals surface area contributed by atoms with Gasteiger partial charge in [-0.2, -0.15) is 5.10 Å². The number of nitrogens with zero attached hydrogens (tertiary/aromatic N) is 5. The molecule has 2 aliphatic heterocycles. The number of hydrogen-bond acceptors (Lipinski definition) is 7. The standard InChI is InChI=1S/C23H26F2N6O3/c24-16-3-4-18(25)17(14-16)19-2-1-7-30(19)21-5-8-31-22(28-21)20(15-27-31)34-23(32)26-6-9-29-10-12-33-13-11-29/h3-5,8,14-15,19H,1-2,6-7,9-13H2,(H,26,32)/t19-/m1/s1. The number of hydrogen-bond donors (Lipinski definition) is 1. The molecule has 9 nitrogen and oxygen atoms in total. The van der Waals surface area contributed by atoms with Gasteiger partial charge in [0.25, 0.3) is 0 Å². The van der Waals surface area contributed by atoms with Crippen LogP contribution in [0, 0.1) is 11.6 Å². The average Bonchev–Trinajstić information content (AvgIpc) is 3.48. The molecule has 34 heavy (non-hydrogen) atoms. The zero-order chi connectivity index (χ0) is 23.5. The summed E-state index contributed by atoms with van der Waals surface area (Å²) in [6.45, 7) is 4.89. The third-order valence-electron chi connectivity index (χ3n) is 6.19. The van der Waals surface area contributed by atoms with Crippen molar-refractivity contribution in [3.8, 4) is 5.75 Å². The Kier molecular flexibility index (Phi) is 6.54. The van der Waals surface area contributed by atoms with Crippen molar-refractivity contribution in [1.82, 2.24) is 24.8 Å². The molecule has 2 aliphatic rings. The average molecular weight is 472 g/mol. The van der Waals surface area contributed by atoms with Crippen LogP contribution < -0.4 is 15.0 Å². The van der Waals surface area contributed by atoms with Gasteiger partial charge in [-0.1, -0.05) is 0 Å². The summed E-state index contributed by atoms with van der Waals surface area (Å²) in [4.78, 5) is 21.1. The first-order valence-corrected chi connectivity index (χ1v) is 11.4. The van der Waals surface area contributed by atoms with Crippen LogP contribution in [-0.2, 0) is 4.74 Å². The lowest BCUT2D eigenvalue weighted by atomic mass is 10.0. The summed E-state index contributed by atoms with van der Waals surface area (Å²) in [6.07, 6.45) is 4.05. The smallest absolute Gasteiger partial charge is 0.405 e. The van der Waals surface area contributed by atoms with Crippen molar-refractivity contribution < 1.29 is 23.0 Å². The maximum atomic E-state index is 14.4. The Morgan fingerprint density at radius 2 is 2.06 bits per heavy atom. The molecule has 1 atom stereocenters. The van der Waals surface area contributed by atoms with Gasteiger partial charge in [-0.25, -0.2) is 23.1 Å². The van der Waals surface area contributed by atoms with Crippen LogP contribution in [0.3, 0.4) is 0 Å². The maximum Gasteiger partial charge on any atom is 0.412 e. The van der Waals surface area contributed by atoms with Crippen molar-refractivity contribution in [2.24, 2.45) is 0 Å². The second-order valence-electron chi connectivity index (χ2n) is 8.35. The van der Waals surface area contributed by atoms with Gasteiger partial charge < -0.3 is 19.7 Å². The zero-order valence-electron chi connectivity index (χ0n) is 18.6. The Bertz CT molecular complexity index is 1170. The molecule has 0 aliphatic carbocycles. The number of carbonyl (C=O) groups excluding carboxylic acids is 1. The van der Waals surface area contributed by atoms with E-state index in [0.717, 1.165) is 31.6 Å². The number of nitrogens with one attached hydrogen (secondary N) is 1. The second-order valence-corrected chi connectivity index (χ2v) is 8.35. The number of aromatic nitrogens is 3. The van der Waals surface area contributed by atoms with Gasteiger partial charge in [0.2, 0.25) is 5.65 Å². The van der Waals surface area contributed by atoms with Crippen molar-refractivity contribution in [1.29, 1.82) is 0 Å². The number of amides is 1. The fourth-order valence-electron chi connectivity index (χ4n) is 4.48. The third kappa shape index (κ3) is 4.80. The summed E-state index contributed by atoms with van der Waals surface area (Å²) in [5.41, 5.74) is 0.676. The molecule has 2 fully saturated rings. The van der Waals surface area contributed by atoms with E-state index in [-0.39, 0.29) is 11.8 Å². The minimum absolute atomic E-state index is 0.221. The van der Waals surface area contributed by atoms with Crippen molar-refractivity contribution >= 4 is 17.6 Å². The summed E-state index contributed by atoms with van der Waals surface area (Å²) < 4.78 is 40.5. The number of ether oxygens (including phenoxy) is 2. The number of morpholine rings is 1. The highest BCUT2D eigenvalue weighted by Gasteiger charge is 2.30. The van der Waals surface area contributed by atoms with Crippen LogP contribution in [0.2, 0.25) is 0 Å². The lowest BCUT2D eigenvalue weighted by Gasteiger charge is -2.26. The number of benzene rings is 1. The van der Waals surface area contributed by atoms with E-state index in [0.29, 0.717) is 56.3 Å². The molecule has 0 unspecified atom stereocenters. The Morgan fingerprint density at radius 1 is 1.21 bits per heavy atom. The fraction of sp³-hybridized carbons (Fsp3) is 0.435. The lowest BCUT2D eigenvalue weighted by Crippen LogP contribution is -2.41. The van der Waals surface area contributed by atoms with Gasteiger partial charge in [0.05, 0.1) is 25.5 Å². The number of fused-ring (bicyclic) bond motifs is 1. The third-order valence-corrected chi connectivity index (χ3v) is 6.19. The van der Waals surface area contributed by atoms with Crippen LogP contribution in [0.25, 0.3) is 5.65 Å². The molecule has 2 aromatic heterocycles. The number of rotatable bonds is 6. The van der Waals surface area contributed by atoms with E-state index in [2.05, 4.69) is 20.3 Å². The quantitative estimate of drug-likeness (QED) is 0.591. The largest absolute Gasteiger partial charge is 0.412 e. The second kappa shape index (κ2) is 9.90. The molecule has 0 saturated carbocycles. The highest BCUT2D eigenvalue weighted by molar-refractivity contribution is 5.73. The molecule has 1 amide bonds. The topological polar surface area (TPSA) is 84.2 Å². The molecule has 0 radical (unpaired) electrons. The highest BCUT2D eigenvalue weighted by Crippen LogP contribution is 2.37. The molecule has 0 bridgehead atoms. The fourth-order valence-corrected chi connectivity index (χ4v) is 4.48. The zero-order valence-corrected chi connectivity index (χ0v) is 18.6. The Labute approximate surface area is 195 Å². The predicted molar refractivity (Wildman–Crippen MR) is 120 cm³/mol. The molecule has 1 N–H and O–H groups in total. The van der Waals surface area contributed by atoms with Crippen LogP contribution in [0.5, 0.6) is 5.75 Å². The Hall–Kier alpha value is -3.31. The van der Waals surface area contributed by atoms with E-state index >= 15 is 0 Å². The predicted octanol–water partition coefficient (Wildman–Crippen LogP) is 2.77. The van der Waals surface area contributed by atoms with Gasteiger partial charge in [0, 0.05) is 44.5 Å². The van der Waals surface area contributed by atoms with Gasteiger partial charge in [-0.05, 0) is 37.1 Å². The number of halogens is 2. The molecular formula is C23H26F2N6O3. The van der Waals surface area contributed by atoms with Crippen molar-refractivity contribution in [2.75, 3.05) is 50.8 Å². The van der Waals surface area contributed by atoms with Gasteiger partial charge in [0.1, 0.15) is 17.5 Å². The van der Waals surface area contributed by atoms with E-state index in [1.54, 1.807) is 12.3 Å². The van der Waals surface area contributed by atoms with Crippen LogP contribution in [0.4, 0.5) is 19.4 Å². The van der Waals surface area contributed by atoms with Crippen molar-refractivity contribution in [2.45, 2.75) is 18.9 Å². The van der Waals surface area contributed by atoms with E-state index in [1.807, 2.05) is 4.90 Å². The molecule has 1 aromatic carbocycles. The minimum Gasteiger partial charge on any atom is -0.405 e. The van der Waals surface area contributed by atoms with Crippen LogP contribution in [0.15, 0.2) is 36.7 Å². The van der Waals surface area contributed by atoms with E-state index < -0.39 is 17.7 Å². The monoisotopic (exact) mass is 472 g/mol. The summed E-state index contributed by atoms with van der Waals surface area (Å²) in [5.74, 6) is -0.116. The van der Waals surface area contributed by atoms with Crippen LogP contribution in [0.1, 0.15) is 24.4 Å². The summed E-state index contributed by atoms with van der Waals surface area (Å²) in [6, 6.07) is 4.94. The number of carbonyl (C=O) groups is 1. The minimum atomic E-state index is -0.587. The van der Waals surface area contributed by atoms with Crippen LogP contribution in [-0.4, -0.2) is 71.5 Å². The molecule has 2 saturated heterocycles. The first-order chi connectivity index (χ1) is 16.6. The van der Waals surface area contributed by atoms with E-state index in [9.17, 15) is 13.6 Å². The molecule has 4 heterocycles. The van der Waals surface area contributed by atoms with E-state index in [1.165, 1.54) is 16.8 Å². The van der Waals surface area contributed by atoms with Gasteiger partial charge >= 0.3 is 6.09 Å². The first-order valence-electron chi connectivity index (χ1n) is 11.4. The summed E-state index contributed by atoms with van der Waals surface area (Å²) >= 11 is 0. The molecule has 0 spiro atoms. The normalized spacial score (nSPS) is 19.0. The molecule has 5 rings (SSSR count).